The van der Waals surface area contributed by atoms with E-state index in [2.05, 4.69) is 56.2 Å². The monoisotopic (exact) mass is 920 g/mol. The fraction of sp³-hybridized carbons (Fsp3) is 0.636. The highest BCUT2D eigenvalue weighted by atomic mass is 79.9. The van der Waals surface area contributed by atoms with Gasteiger partial charge in [-0.1, -0.05) is 36.4 Å². The van der Waals surface area contributed by atoms with Gasteiger partial charge in [0.05, 0.1) is 32.0 Å². The summed E-state index contributed by atoms with van der Waals surface area (Å²) in [6, 6.07) is 11.2. The summed E-state index contributed by atoms with van der Waals surface area (Å²) in [5.41, 5.74) is 1.67. The Morgan fingerprint density at radius 1 is 0.857 bits per heavy atom. The third kappa shape index (κ3) is 14.2. The maximum Gasteiger partial charge on any atom is 0.338 e. The van der Waals surface area contributed by atoms with E-state index in [-0.39, 0.29) is 60.8 Å². The number of carbonyl (C=O) groups is 2. The van der Waals surface area contributed by atoms with Gasteiger partial charge in [0.15, 0.2) is 24.7 Å². The predicted octanol–water partition coefficient (Wildman–Crippen LogP) is 10.7. The van der Waals surface area contributed by atoms with Crippen LogP contribution in [0, 0.1) is 11.8 Å². The van der Waals surface area contributed by atoms with E-state index in [4.69, 9.17) is 33.2 Å². The van der Waals surface area contributed by atoms with Crippen molar-refractivity contribution in [1.82, 2.24) is 0 Å². The van der Waals surface area contributed by atoms with Gasteiger partial charge < -0.3 is 33.2 Å². The molecule has 8 atom stereocenters. The lowest BCUT2D eigenvalue weighted by atomic mass is 9.89. The maximum atomic E-state index is 13.3. The average Bonchev–Trinajstić information content (AvgIpc) is 3.72. The summed E-state index contributed by atoms with van der Waals surface area (Å²) in [5, 5.41) is 0. The quantitative estimate of drug-likeness (QED) is 0.0556. The minimum absolute atomic E-state index is 0.0225. The van der Waals surface area contributed by atoms with Crippen LogP contribution < -0.4 is 0 Å². The van der Waals surface area contributed by atoms with Gasteiger partial charge in [-0.3, -0.25) is 4.79 Å². The Hall–Kier alpha value is -1.74. The van der Waals surface area contributed by atoms with Crippen molar-refractivity contribution in [3.8, 4) is 0 Å². The first-order chi connectivity index (χ1) is 27.4. The Morgan fingerprint density at radius 3 is 2.18 bits per heavy atom. The predicted molar refractivity (Wildman–Crippen MR) is 224 cm³/mol. The van der Waals surface area contributed by atoms with Crippen LogP contribution in [0.5, 0.6) is 0 Å². The number of carbonyl (C=O) groups excluding carboxylic acids is 2. The summed E-state index contributed by atoms with van der Waals surface area (Å²) in [5.74, 6) is -0.165. The third-order valence-corrected chi connectivity index (χ3v) is 13.5. The van der Waals surface area contributed by atoms with Crippen LogP contribution in [0.3, 0.4) is 0 Å². The van der Waals surface area contributed by atoms with Gasteiger partial charge in [0.2, 0.25) is 0 Å². The second-order valence-electron chi connectivity index (χ2n) is 15.3. The molecule has 3 saturated heterocycles. The summed E-state index contributed by atoms with van der Waals surface area (Å²) in [7, 11) is 0. The van der Waals surface area contributed by atoms with E-state index in [9.17, 15) is 9.59 Å². The van der Waals surface area contributed by atoms with Crippen molar-refractivity contribution in [2.24, 2.45) is 11.8 Å². The van der Waals surface area contributed by atoms with Crippen LogP contribution in [-0.2, 0) is 44.4 Å². The number of unbranched alkanes of at least 4 members (excludes halogenated alkanes) is 1. The Kier molecular flexibility index (Phi) is 18.6. The highest BCUT2D eigenvalue weighted by molar-refractivity contribution is 9.12. The Balaban J connectivity index is 1.09. The van der Waals surface area contributed by atoms with Crippen LogP contribution in [0.2, 0.25) is 0 Å². The second-order valence-corrected chi connectivity index (χ2v) is 19.0. The summed E-state index contributed by atoms with van der Waals surface area (Å²) in [6.45, 7) is 2.43. The molecule has 6 rings (SSSR count). The number of ether oxygens (including phenoxy) is 7. The highest BCUT2D eigenvalue weighted by Gasteiger charge is 2.45. The lowest BCUT2D eigenvalue weighted by molar-refractivity contribution is -0.203. The highest BCUT2D eigenvalue weighted by Crippen LogP contribution is 2.42. The maximum absolute atomic E-state index is 13.3. The van der Waals surface area contributed by atoms with E-state index in [1.807, 2.05) is 18.2 Å². The molecule has 0 N–H and O–H groups in total. The standard InChI is InChI=1S/C44H58Br2O9S/c45-39-28-32(43(46)56-39)21-22-33(47)23-24-36-35(37(54-41-19-9-12-26-50-41)29-38(36)55-42-20-10-13-27-51-42)17-7-2-1-6-16-34(30-52-40-18-8-11-25-49-40)53-44(48)31-14-4-3-5-15-31/h2-5,7,14-15,23-24,28,34-38,40-42H,1,6,8-13,16-22,25-27,29-30H2/b7-2-,24-23+/t34?,35-,36-,37+,38-,40?,41?,42?/m1/s1. The van der Waals surface area contributed by atoms with Crippen LogP contribution in [0.1, 0.15) is 112 Å². The number of benzene rings is 1. The first kappa shape index (κ1) is 43.8. The van der Waals surface area contributed by atoms with Crippen LogP contribution >= 0.6 is 43.2 Å². The number of esters is 1. The zero-order valence-corrected chi connectivity index (χ0v) is 36.4. The van der Waals surface area contributed by atoms with Crippen molar-refractivity contribution in [2.45, 2.75) is 140 Å². The average molecular weight is 923 g/mol. The molecule has 2 aromatic rings. The van der Waals surface area contributed by atoms with E-state index in [0.29, 0.717) is 51.3 Å². The zero-order valence-electron chi connectivity index (χ0n) is 32.4. The van der Waals surface area contributed by atoms with Crippen LogP contribution in [0.15, 0.2) is 68.3 Å². The molecule has 56 heavy (non-hydrogen) atoms. The van der Waals surface area contributed by atoms with E-state index in [1.165, 1.54) is 0 Å². The molecule has 1 aliphatic carbocycles. The van der Waals surface area contributed by atoms with Crippen LogP contribution in [0.25, 0.3) is 0 Å². The molecule has 4 fully saturated rings. The van der Waals surface area contributed by atoms with Gasteiger partial charge in [-0.25, -0.2) is 4.79 Å². The van der Waals surface area contributed by atoms with Gasteiger partial charge in [-0.05, 0) is 158 Å². The van der Waals surface area contributed by atoms with Crippen molar-refractivity contribution >= 4 is 54.9 Å². The molecule has 9 nitrogen and oxygen atoms in total. The molecule has 4 heterocycles. The normalized spacial score (nSPS) is 27.9. The number of ketones is 1. The second kappa shape index (κ2) is 23.7. The summed E-state index contributed by atoms with van der Waals surface area (Å²) < 4.78 is 45.4. The number of hydrogen-bond donors (Lipinski definition) is 0. The molecule has 1 aromatic carbocycles. The Labute approximate surface area is 353 Å². The zero-order chi connectivity index (χ0) is 39.0. The molecule has 1 saturated carbocycles. The number of halogens is 2. The molecule has 3 aliphatic heterocycles. The van der Waals surface area contributed by atoms with Gasteiger partial charge in [0.1, 0.15) is 6.10 Å². The molecule has 12 heteroatoms. The SMILES string of the molecule is O=C(/C=C/[C@@H]1[C@@H](C/C=C\CCCC(COC2CCCCO2)OC(=O)c2ccccc2)[C@@H](OC2CCCCO2)C[C@H]1OC1CCCCO1)CCc1cc(Br)sc1Br. The van der Waals surface area contributed by atoms with Crippen molar-refractivity contribution in [3.05, 3.63) is 79.4 Å². The molecule has 0 bridgehead atoms. The van der Waals surface area contributed by atoms with Gasteiger partial charge in [-0.2, -0.15) is 0 Å². The van der Waals surface area contributed by atoms with Crippen molar-refractivity contribution < 1.29 is 42.7 Å². The number of thiophene rings is 1. The fourth-order valence-corrected chi connectivity index (χ4v) is 10.9. The molecule has 1 aromatic heterocycles. The van der Waals surface area contributed by atoms with E-state index in [0.717, 1.165) is 96.6 Å². The van der Waals surface area contributed by atoms with Gasteiger partial charge in [-0.15, -0.1) is 11.3 Å². The lowest BCUT2D eigenvalue weighted by Gasteiger charge is -2.30. The third-order valence-electron chi connectivity index (χ3n) is 11.0. The van der Waals surface area contributed by atoms with Crippen LogP contribution in [-0.4, -0.2) is 75.4 Å². The van der Waals surface area contributed by atoms with Gasteiger partial charge in [0.25, 0.3) is 0 Å². The van der Waals surface area contributed by atoms with Gasteiger partial charge >= 0.3 is 5.97 Å². The molecule has 4 unspecified atom stereocenters. The molecular formula is C44H58Br2O9S. The topological polar surface area (TPSA) is 98.8 Å². The Bertz CT molecular complexity index is 1530. The molecule has 4 aliphatic rings. The van der Waals surface area contributed by atoms with E-state index >= 15 is 0 Å². The fourth-order valence-electron chi connectivity index (χ4n) is 7.96. The van der Waals surface area contributed by atoms with E-state index in [1.54, 1.807) is 29.5 Å². The van der Waals surface area contributed by atoms with Crippen LogP contribution in [0.4, 0.5) is 0 Å². The minimum Gasteiger partial charge on any atom is -0.456 e. The molecule has 0 amide bonds. The first-order valence-electron chi connectivity index (χ1n) is 20.7. The summed E-state index contributed by atoms with van der Waals surface area (Å²) in [4.78, 5) is 26.2. The summed E-state index contributed by atoms with van der Waals surface area (Å²) >= 11 is 8.80. The smallest absolute Gasteiger partial charge is 0.338 e. The van der Waals surface area contributed by atoms with Crippen molar-refractivity contribution in [2.75, 3.05) is 26.4 Å². The van der Waals surface area contributed by atoms with Crippen molar-refractivity contribution in [1.29, 1.82) is 0 Å². The van der Waals surface area contributed by atoms with Gasteiger partial charge in [0, 0.05) is 38.6 Å². The lowest BCUT2D eigenvalue weighted by Crippen LogP contribution is -2.31. The largest absolute Gasteiger partial charge is 0.456 e. The molecular weight excluding hydrogens is 864 g/mol. The minimum atomic E-state index is -0.376. The number of aryl methyl sites for hydroxylation is 1. The molecule has 0 radical (unpaired) electrons. The first-order valence-corrected chi connectivity index (χ1v) is 23.1. The number of hydrogen-bond acceptors (Lipinski definition) is 10. The van der Waals surface area contributed by atoms with Crippen molar-refractivity contribution in [3.63, 3.8) is 0 Å². The summed E-state index contributed by atoms with van der Waals surface area (Å²) in [6.07, 6.45) is 21.0. The number of allylic oxidation sites excluding steroid dienone is 3. The molecule has 0 spiro atoms. The Morgan fingerprint density at radius 2 is 1.54 bits per heavy atom. The number of rotatable bonds is 20. The van der Waals surface area contributed by atoms with E-state index < -0.39 is 0 Å². The molecule has 308 valence electrons.